The number of rotatable bonds is 1. The van der Waals surface area contributed by atoms with Crippen molar-refractivity contribution in [1.29, 1.82) is 5.26 Å². The molecule has 0 aromatic heterocycles. The molecule has 82 valence electrons. The molecule has 1 heterocycles. The third-order valence-electron chi connectivity index (χ3n) is 2.48. The van der Waals surface area contributed by atoms with Crippen molar-refractivity contribution in [2.24, 2.45) is 0 Å². The largest absolute Gasteiger partial charge is 0.310 e. The van der Waals surface area contributed by atoms with Gasteiger partial charge in [-0.05, 0) is 18.2 Å². The Hall–Kier alpha value is -1.54. The summed E-state index contributed by atoms with van der Waals surface area (Å²) in [7, 11) is 0. The van der Waals surface area contributed by atoms with Crippen LogP contribution in [0.25, 0.3) is 0 Å². The van der Waals surface area contributed by atoms with Crippen LogP contribution in [-0.2, 0) is 4.79 Å². The zero-order chi connectivity index (χ0) is 11.7. The monoisotopic (exact) mass is 236 g/mol. The van der Waals surface area contributed by atoms with Crippen molar-refractivity contribution in [3.63, 3.8) is 0 Å². The zero-order valence-corrected chi connectivity index (χ0v) is 9.25. The molecule has 1 aromatic carbocycles. The summed E-state index contributed by atoms with van der Waals surface area (Å²) in [4.78, 5) is 13.0. The van der Waals surface area contributed by atoms with E-state index in [1.807, 2.05) is 6.07 Å². The van der Waals surface area contributed by atoms with Gasteiger partial charge < -0.3 is 4.90 Å². The Morgan fingerprint density at radius 1 is 1.56 bits per heavy atom. The molecule has 0 spiro atoms. The average molecular weight is 236 g/mol. The number of benzene rings is 1. The van der Waals surface area contributed by atoms with Gasteiger partial charge in [0.2, 0.25) is 5.91 Å². The van der Waals surface area contributed by atoms with Crippen molar-refractivity contribution < 1.29 is 9.18 Å². The van der Waals surface area contributed by atoms with Gasteiger partial charge in [-0.15, -0.1) is 0 Å². The Labute approximate surface area is 97.9 Å². The number of nitrogens with zero attached hydrogens (tertiary/aromatic N) is 2. The zero-order valence-electron chi connectivity index (χ0n) is 8.35. The third-order valence-corrected chi connectivity index (χ3v) is 2.82. The highest BCUT2D eigenvalue weighted by atomic mass is 32.1. The smallest absolute Gasteiger partial charge is 0.228 e. The standard InChI is InChI=1S/C11H9FN2OS/c12-8-2-1-7(5-13)10(3-8)14-6-9(16)4-11(14)15/h1-3,9,16H,4,6H2. The summed E-state index contributed by atoms with van der Waals surface area (Å²) in [6.07, 6.45) is 0.324. The van der Waals surface area contributed by atoms with Crippen molar-refractivity contribution in [2.45, 2.75) is 11.7 Å². The molecule has 1 amide bonds. The molecule has 2 rings (SSSR count). The lowest BCUT2D eigenvalue weighted by Gasteiger charge is -2.17. The van der Waals surface area contributed by atoms with Gasteiger partial charge in [0, 0.05) is 18.2 Å². The van der Waals surface area contributed by atoms with Gasteiger partial charge in [-0.2, -0.15) is 17.9 Å². The van der Waals surface area contributed by atoms with Crippen molar-refractivity contribution >= 4 is 24.2 Å². The molecule has 0 saturated carbocycles. The van der Waals surface area contributed by atoms with E-state index in [9.17, 15) is 9.18 Å². The molecule has 5 heteroatoms. The highest BCUT2D eigenvalue weighted by molar-refractivity contribution is 7.81. The lowest BCUT2D eigenvalue weighted by Crippen LogP contribution is -2.25. The Morgan fingerprint density at radius 3 is 2.88 bits per heavy atom. The van der Waals surface area contributed by atoms with Crippen LogP contribution in [0.5, 0.6) is 0 Å². The van der Waals surface area contributed by atoms with E-state index in [1.54, 1.807) is 0 Å². The first-order valence-electron chi connectivity index (χ1n) is 4.80. The number of amides is 1. The fourth-order valence-corrected chi connectivity index (χ4v) is 2.06. The van der Waals surface area contributed by atoms with Gasteiger partial charge in [-0.3, -0.25) is 4.79 Å². The molecule has 1 saturated heterocycles. The van der Waals surface area contributed by atoms with Crippen LogP contribution in [0.3, 0.4) is 0 Å². The molecule has 1 aliphatic rings. The van der Waals surface area contributed by atoms with E-state index < -0.39 is 5.82 Å². The van der Waals surface area contributed by atoms with Gasteiger partial charge in [0.25, 0.3) is 0 Å². The highest BCUT2D eigenvalue weighted by Gasteiger charge is 2.29. The molecule has 3 nitrogen and oxygen atoms in total. The summed E-state index contributed by atoms with van der Waals surface area (Å²) in [5, 5.41) is 8.84. The quantitative estimate of drug-likeness (QED) is 0.755. The SMILES string of the molecule is N#Cc1ccc(F)cc1N1CC(S)CC1=O. The molecule has 16 heavy (non-hydrogen) atoms. The van der Waals surface area contributed by atoms with Gasteiger partial charge in [0.1, 0.15) is 11.9 Å². The molecule has 1 atom stereocenters. The summed E-state index contributed by atoms with van der Waals surface area (Å²) in [5.74, 6) is -0.577. The second-order valence-electron chi connectivity index (χ2n) is 3.64. The molecule has 0 aliphatic carbocycles. The third kappa shape index (κ3) is 1.89. The average Bonchev–Trinajstić information content (AvgIpc) is 2.57. The van der Waals surface area contributed by atoms with Gasteiger partial charge in [-0.25, -0.2) is 4.39 Å². The minimum absolute atomic E-state index is 0.0534. The summed E-state index contributed by atoms with van der Waals surface area (Å²) in [6.45, 7) is 0.417. The van der Waals surface area contributed by atoms with Crippen molar-refractivity contribution in [3.05, 3.63) is 29.6 Å². The second kappa shape index (κ2) is 4.14. The van der Waals surface area contributed by atoms with Crippen molar-refractivity contribution in [3.8, 4) is 6.07 Å². The van der Waals surface area contributed by atoms with Crippen molar-refractivity contribution in [2.75, 3.05) is 11.4 Å². The van der Waals surface area contributed by atoms with Gasteiger partial charge in [0.05, 0.1) is 11.3 Å². The number of halogens is 1. The number of hydrogen-bond donors (Lipinski definition) is 1. The maximum absolute atomic E-state index is 13.1. The normalized spacial score (nSPS) is 19.9. The second-order valence-corrected chi connectivity index (χ2v) is 4.37. The molecular formula is C11H9FN2OS. The molecule has 1 unspecified atom stereocenters. The van der Waals surface area contributed by atoms with E-state index in [0.717, 1.165) is 0 Å². The Kier molecular flexibility index (Phi) is 2.84. The summed E-state index contributed by atoms with van der Waals surface area (Å²) < 4.78 is 13.1. The summed E-state index contributed by atoms with van der Waals surface area (Å²) in [6, 6.07) is 5.75. The maximum atomic E-state index is 13.1. The van der Waals surface area contributed by atoms with Crippen LogP contribution in [0.1, 0.15) is 12.0 Å². The van der Waals surface area contributed by atoms with E-state index in [1.165, 1.54) is 23.1 Å². The molecule has 1 aromatic rings. The summed E-state index contributed by atoms with van der Waals surface area (Å²) in [5.41, 5.74) is 0.640. The van der Waals surface area contributed by atoms with Crippen LogP contribution in [0.15, 0.2) is 18.2 Å². The molecule has 0 radical (unpaired) electrons. The maximum Gasteiger partial charge on any atom is 0.228 e. The van der Waals surface area contributed by atoms with Gasteiger partial charge in [-0.1, -0.05) is 0 Å². The van der Waals surface area contributed by atoms with Gasteiger partial charge in [0.15, 0.2) is 0 Å². The Balaban J connectivity index is 2.44. The fourth-order valence-electron chi connectivity index (χ4n) is 1.74. The van der Waals surface area contributed by atoms with Crippen LogP contribution in [-0.4, -0.2) is 17.7 Å². The lowest BCUT2D eigenvalue weighted by atomic mass is 10.1. The van der Waals surface area contributed by atoms with Crippen LogP contribution in [0.4, 0.5) is 10.1 Å². The van der Waals surface area contributed by atoms with Crippen molar-refractivity contribution in [1.82, 2.24) is 0 Å². The highest BCUT2D eigenvalue weighted by Crippen LogP contribution is 2.27. The number of carbonyl (C=O) groups is 1. The van der Waals surface area contributed by atoms with E-state index in [2.05, 4.69) is 12.6 Å². The first-order valence-corrected chi connectivity index (χ1v) is 5.31. The first-order chi connectivity index (χ1) is 7.61. The fraction of sp³-hybridized carbons (Fsp3) is 0.273. The van der Waals surface area contributed by atoms with Gasteiger partial charge >= 0.3 is 0 Å². The first kappa shape index (κ1) is 11.0. The number of nitriles is 1. The predicted molar refractivity (Wildman–Crippen MR) is 60.9 cm³/mol. The number of anilines is 1. The molecule has 1 fully saturated rings. The van der Waals surface area contributed by atoms with E-state index in [0.29, 0.717) is 24.2 Å². The number of hydrogen-bond acceptors (Lipinski definition) is 3. The molecule has 0 bridgehead atoms. The number of thiol groups is 1. The van der Waals surface area contributed by atoms with Crippen LogP contribution >= 0.6 is 12.6 Å². The Morgan fingerprint density at radius 2 is 2.31 bits per heavy atom. The van der Waals surface area contributed by atoms with E-state index in [-0.39, 0.29) is 11.2 Å². The van der Waals surface area contributed by atoms with Crippen LogP contribution < -0.4 is 4.90 Å². The minimum Gasteiger partial charge on any atom is -0.310 e. The van der Waals surface area contributed by atoms with E-state index in [4.69, 9.17) is 5.26 Å². The molecular weight excluding hydrogens is 227 g/mol. The number of carbonyl (C=O) groups excluding carboxylic acids is 1. The Bertz CT molecular complexity index is 483. The van der Waals surface area contributed by atoms with Crippen LogP contribution in [0.2, 0.25) is 0 Å². The predicted octanol–water partition coefficient (Wildman–Crippen LogP) is 1.73. The van der Waals surface area contributed by atoms with E-state index >= 15 is 0 Å². The minimum atomic E-state index is -0.454. The molecule has 1 aliphatic heterocycles. The lowest BCUT2D eigenvalue weighted by molar-refractivity contribution is -0.117. The summed E-state index contributed by atoms with van der Waals surface area (Å²) >= 11 is 4.21. The molecule has 0 N–H and O–H groups in total. The van der Waals surface area contributed by atoms with Crippen LogP contribution in [0, 0.1) is 17.1 Å². The topological polar surface area (TPSA) is 44.1 Å².